The van der Waals surface area contributed by atoms with Gasteiger partial charge in [0.2, 0.25) is 0 Å². The fraction of sp³-hybridized carbons (Fsp3) is 0.353. The van der Waals surface area contributed by atoms with Crippen LogP contribution in [0.1, 0.15) is 42.6 Å². The van der Waals surface area contributed by atoms with Gasteiger partial charge in [0.1, 0.15) is 11.6 Å². The summed E-state index contributed by atoms with van der Waals surface area (Å²) < 4.78 is 5.62. The van der Waals surface area contributed by atoms with Crippen LogP contribution in [0.15, 0.2) is 24.3 Å². The van der Waals surface area contributed by atoms with Crippen LogP contribution in [-0.4, -0.2) is 17.5 Å². The number of primary amides is 1. The highest BCUT2D eigenvalue weighted by Gasteiger charge is 2.19. The first-order valence-electron chi connectivity index (χ1n) is 7.61. The molecule has 1 aromatic heterocycles. The topological polar surface area (TPSA) is 94.1 Å². The van der Waals surface area contributed by atoms with Gasteiger partial charge in [0.25, 0.3) is 5.91 Å². The third kappa shape index (κ3) is 3.24. The van der Waals surface area contributed by atoms with E-state index in [0.29, 0.717) is 12.2 Å². The van der Waals surface area contributed by atoms with Crippen molar-refractivity contribution < 1.29 is 9.53 Å². The van der Waals surface area contributed by atoms with Crippen LogP contribution in [-0.2, 0) is 6.42 Å². The third-order valence-corrected chi connectivity index (χ3v) is 3.62. The number of aromatic amines is 1. The number of hydrogen-bond acceptors (Lipinski definition) is 3. The number of carbonyl (C=O) groups excluding carboxylic acids is 1. The Hall–Kier alpha value is -2.43. The molecule has 1 aromatic carbocycles. The molecule has 22 heavy (non-hydrogen) atoms. The number of carbonyl (C=O) groups is 1. The van der Waals surface area contributed by atoms with E-state index in [1.165, 1.54) is 18.4 Å². The second-order valence-electron chi connectivity index (χ2n) is 5.27. The van der Waals surface area contributed by atoms with Crippen molar-refractivity contribution in [2.45, 2.75) is 33.1 Å². The summed E-state index contributed by atoms with van der Waals surface area (Å²) in [6.45, 7) is 5.05. The highest BCUT2D eigenvalue weighted by atomic mass is 16.5. The van der Waals surface area contributed by atoms with Crippen molar-refractivity contribution in [2.24, 2.45) is 5.73 Å². The molecule has 0 radical (unpaired) electrons. The largest absolute Gasteiger partial charge is 0.492 e. The van der Waals surface area contributed by atoms with Crippen LogP contribution in [0.2, 0.25) is 0 Å². The first kappa shape index (κ1) is 15.9. The van der Waals surface area contributed by atoms with Gasteiger partial charge in [-0.05, 0) is 17.7 Å². The second-order valence-corrected chi connectivity index (χ2v) is 5.27. The molecular formula is C17H23N3O2. The van der Waals surface area contributed by atoms with Crippen molar-refractivity contribution in [1.82, 2.24) is 4.98 Å². The molecule has 0 unspecified atom stereocenters. The van der Waals surface area contributed by atoms with E-state index in [9.17, 15) is 4.79 Å². The molecule has 0 saturated heterocycles. The molecule has 0 fully saturated rings. The van der Waals surface area contributed by atoms with Crippen LogP contribution in [0, 0.1) is 0 Å². The van der Waals surface area contributed by atoms with E-state index in [0.717, 1.165) is 23.4 Å². The zero-order valence-electron chi connectivity index (χ0n) is 13.1. The number of nitrogen functional groups attached to an aromatic ring is 1. The maximum atomic E-state index is 11.2. The number of nitrogens with two attached hydrogens (primary N) is 2. The smallest absolute Gasteiger partial charge is 0.252 e. The van der Waals surface area contributed by atoms with Crippen LogP contribution < -0.4 is 16.2 Å². The molecular weight excluding hydrogens is 278 g/mol. The fourth-order valence-corrected chi connectivity index (χ4v) is 2.25. The van der Waals surface area contributed by atoms with Gasteiger partial charge in [-0.2, -0.15) is 0 Å². The summed E-state index contributed by atoms with van der Waals surface area (Å²) in [5.41, 5.74) is 14.1. The Bertz CT molecular complexity index is 660. The molecule has 5 nitrogen and oxygen atoms in total. The molecule has 5 heteroatoms. The molecule has 1 aliphatic rings. The number of ether oxygens (including phenoxy) is 1. The minimum Gasteiger partial charge on any atom is -0.492 e. The van der Waals surface area contributed by atoms with Crippen molar-refractivity contribution in [3.63, 3.8) is 0 Å². The van der Waals surface area contributed by atoms with E-state index in [-0.39, 0.29) is 5.82 Å². The molecule has 5 N–H and O–H groups in total. The zero-order valence-corrected chi connectivity index (χ0v) is 13.1. The number of benzene rings is 1. The monoisotopic (exact) mass is 301 g/mol. The predicted octanol–water partition coefficient (Wildman–Crippen LogP) is 3.10. The van der Waals surface area contributed by atoms with Crippen molar-refractivity contribution >= 4 is 11.7 Å². The Morgan fingerprint density at radius 3 is 2.64 bits per heavy atom. The van der Waals surface area contributed by atoms with Gasteiger partial charge in [-0.1, -0.05) is 38.8 Å². The third-order valence-electron chi connectivity index (χ3n) is 3.62. The first-order chi connectivity index (χ1) is 10.6. The summed E-state index contributed by atoms with van der Waals surface area (Å²) in [6.07, 6.45) is 3.54. The SMILES string of the molecule is CCCC.NC(=O)c1cc(-c2cccc3c2OCC3)[nH]c1N. The van der Waals surface area contributed by atoms with E-state index >= 15 is 0 Å². The van der Waals surface area contributed by atoms with Gasteiger partial charge in [0, 0.05) is 12.0 Å². The van der Waals surface area contributed by atoms with Gasteiger partial charge < -0.3 is 21.2 Å². The number of nitrogens with one attached hydrogen (secondary N) is 1. The zero-order chi connectivity index (χ0) is 16.1. The number of fused-ring (bicyclic) bond motifs is 1. The molecule has 1 amide bonds. The Kier molecular flexibility index (Phi) is 5.09. The quantitative estimate of drug-likeness (QED) is 0.813. The number of rotatable bonds is 3. The standard InChI is InChI=1S/C13H13N3O2.C4H10/c14-12-9(13(15)17)6-10(16-12)8-3-1-2-7-4-5-18-11(7)8;1-3-4-2/h1-3,6,16H,4-5,14H2,(H2,15,17);3-4H2,1-2H3. The van der Waals surface area contributed by atoms with Gasteiger partial charge in [-0.3, -0.25) is 4.79 Å². The average molecular weight is 301 g/mol. The Morgan fingerprint density at radius 1 is 1.32 bits per heavy atom. The molecule has 3 rings (SSSR count). The molecule has 118 valence electrons. The van der Waals surface area contributed by atoms with E-state index in [4.69, 9.17) is 16.2 Å². The van der Waals surface area contributed by atoms with Crippen molar-refractivity contribution in [3.05, 3.63) is 35.4 Å². The number of hydrogen-bond donors (Lipinski definition) is 3. The van der Waals surface area contributed by atoms with Gasteiger partial charge in [-0.25, -0.2) is 0 Å². The lowest BCUT2D eigenvalue weighted by molar-refractivity contribution is 0.100. The van der Waals surface area contributed by atoms with Crippen molar-refractivity contribution in [2.75, 3.05) is 12.3 Å². The van der Waals surface area contributed by atoms with Gasteiger partial charge in [0.15, 0.2) is 0 Å². The molecule has 2 aromatic rings. The van der Waals surface area contributed by atoms with E-state index in [1.807, 2.05) is 18.2 Å². The highest BCUT2D eigenvalue weighted by Crippen LogP contribution is 2.37. The number of unbranched alkanes of at least 4 members (excludes halogenated alkanes) is 1. The molecule has 0 spiro atoms. The van der Waals surface area contributed by atoms with Gasteiger partial charge in [0.05, 0.1) is 17.9 Å². The Balaban J connectivity index is 0.000000396. The molecule has 0 saturated carbocycles. The molecule has 1 aliphatic heterocycles. The van der Waals surface area contributed by atoms with Crippen LogP contribution in [0.4, 0.5) is 5.82 Å². The van der Waals surface area contributed by atoms with Crippen LogP contribution in [0.5, 0.6) is 5.75 Å². The number of H-pyrrole nitrogens is 1. The molecule has 0 atom stereocenters. The summed E-state index contributed by atoms with van der Waals surface area (Å²) in [7, 11) is 0. The maximum Gasteiger partial charge on any atom is 0.252 e. The number of anilines is 1. The number of amides is 1. The molecule has 0 bridgehead atoms. The summed E-state index contributed by atoms with van der Waals surface area (Å²) in [6, 6.07) is 7.59. The van der Waals surface area contributed by atoms with Crippen LogP contribution >= 0.6 is 0 Å². The van der Waals surface area contributed by atoms with Crippen LogP contribution in [0.25, 0.3) is 11.3 Å². The Labute approximate surface area is 130 Å². The lowest BCUT2D eigenvalue weighted by Gasteiger charge is -2.05. The van der Waals surface area contributed by atoms with Gasteiger partial charge >= 0.3 is 0 Å². The van der Waals surface area contributed by atoms with Gasteiger partial charge in [-0.15, -0.1) is 0 Å². The average Bonchev–Trinajstić information content (AvgIpc) is 3.13. The minimum atomic E-state index is -0.538. The summed E-state index contributed by atoms with van der Waals surface area (Å²) >= 11 is 0. The second kappa shape index (κ2) is 7.02. The lowest BCUT2D eigenvalue weighted by atomic mass is 10.1. The highest BCUT2D eigenvalue weighted by molar-refractivity contribution is 5.99. The van der Waals surface area contributed by atoms with E-state index < -0.39 is 5.91 Å². The summed E-state index contributed by atoms with van der Waals surface area (Å²) in [5.74, 6) is 0.603. The number of aromatic nitrogens is 1. The number of para-hydroxylation sites is 1. The summed E-state index contributed by atoms with van der Waals surface area (Å²) in [4.78, 5) is 14.2. The maximum absolute atomic E-state index is 11.2. The van der Waals surface area contributed by atoms with E-state index in [1.54, 1.807) is 6.07 Å². The predicted molar refractivity (Wildman–Crippen MR) is 88.9 cm³/mol. The minimum absolute atomic E-state index is 0.285. The fourth-order valence-electron chi connectivity index (χ4n) is 2.25. The Morgan fingerprint density at radius 2 is 2.05 bits per heavy atom. The van der Waals surface area contributed by atoms with Crippen LogP contribution in [0.3, 0.4) is 0 Å². The van der Waals surface area contributed by atoms with E-state index in [2.05, 4.69) is 18.8 Å². The van der Waals surface area contributed by atoms with Crippen molar-refractivity contribution in [1.29, 1.82) is 0 Å². The molecule has 2 heterocycles. The normalized spacial score (nSPS) is 12.1. The first-order valence-corrected chi connectivity index (χ1v) is 7.61. The summed E-state index contributed by atoms with van der Waals surface area (Å²) in [5, 5.41) is 0. The van der Waals surface area contributed by atoms with Crippen molar-refractivity contribution in [3.8, 4) is 17.0 Å². The molecule has 0 aliphatic carbocycles. The lowest BCUT2D eigenvalue weighted by Crippen LogP contribution is -2.11.